The molecule has 10 nitrogen and oxygen atoms in total. The van der Waals surface area contributed by atoms with Crippen molar-refractivity contribution >= 4 is 51.4 Å². The molecule has 0 fully saturated rings. The first-order chi connectivity index (χ1) is 16.5. The Kier molecular flexibility index (Phi) is 7.40. The molecule has 12 heteroatoms. The summed E-state index contributed by atoms with van der Waals surface area (Å²) in [6.07, 6.45) is 4.21. The summed E-state index contributed by atoms with van der Waals surface area (Å²) in [5, 5.41) is 3.54. The molecule has 3 aromatic rings. The standard InChI is InChI=1S/C22H20N4O6S2/c1-29-4-5-32-17-8-13-12(6-16(17)30-2)22(25-10-24-13)26-14-7-15(27)21(20(31-3)19(14)28)34-18-9-23-11-33-18/h6-11H,4-5H2,1-3H3,(H,24,25,26). The zero-order chi connectivity index (χ0) is 24.1. The second-order valence-electron chi connectivity index (χ2n) is 6.75. The smallest absolute Gasteiger partial charge is 0.245 e. The monoisotopic (exact) mass is 500 g/mol. The first-order valence-electron chi connectivity index (χ1n) is 9.92. The van der Waals surface area contributed by atoms with Gasteiger partial charge in [0.2, 0.25) is 5.78 Å². The maximum Gasteiger partial charge on any atom is 0.245 e. The third kappa shape index (κ3) is 4.88. The molecule has 0 saturated carbocycles. The molecule has 0 aliphatic heterocycles. The fourth-order valence-electron chi connectivity index (χ4n) is 3.13. The number of ketones is 2. The van der Waals surface area contributed by atoms with E-state index in [-0.39, 0.29) is 22.1 Å². The number of hydrogen-bond acceptors (Lipinski definition) is 12. The van der Waals surface area contributed by atoms with E-state index in [1.165, 1.54) is 38.0 Å². The maximum absolute atomic E-state index is 13.1. The number of thiazole rings is 1. The number of thioether (sulfide) groups is 1. The van der Waals surface area contributed by atoms with E-state index in [0.717, 1.165) is 16.0 Å². The highest BCUT2D eigenvalue weighted by atomic mass is 32.2. The number of nitrogens with one attached hydrogen (secondary N) is 1. The number of carbonyl (C=O) groups excluding carboxylic acids is 2. The van der Waals surface area contributed by atoms with Crippen LogP contribution in [0, 0.1) is 0 Å². The van der Waals surface area contributed by atoms with Crippen molar-refractivity contribution in [3.05, 3.63) is 52.6 Å². The number of hydrogen-bond donors (Lipinski definition) is 1. The predicted molar refractivity (Wildman–Crippen MR) is 127 cm³/mol. The summed E-state index contributed by atoms with van der Waals surface area (Å²) in [5.74, 6) is 0.414. The maximum atomic E-state index is 13.1. The van der Waals surface area contributed by atoms with Gasteiger partial charge in [0.1, 0.15) is 23.7 Å². The number of carbonyl (C=O) groups is 2. The number of anilines is 1. The van der Waals surface area contributed by atoms with Crippen LogP contribution in [0.5, 0.6) is 11.5 Å². The zero-order valence-corrected chi connectivity index (χ0v) is 20.1. The van der Waals surface area contributed by atoms with Crippen LogP contribution >= 0.6 is 23.1 Å². The summed E-state index contributed by atoms with van der Waals surface area (Å²) < 4.78 is 22.2. The van der Waals surface area contributed by atoms with Gasteiger partial charge in [0.25, 0.3) is 0 Å². The molecule has 176 valence electrons. The summed E-state index contributed by atoms with van der Waals surface area (Å²) in [7, 11) is 4.46. The lowest BCUT2D eigenvalue weighted by atomic mass is 10.1. The van der Waals surface area contributed by atoms with Crippen LogP contribution in [0.2, 0.25) is 0 Å². The van der Waals surface area contributed by atoms with Crippen LogP contribution in [-0.2, 0) is 19.1 Å². The summed E-state index contributed by atoms with van der Waals surface area (Å²) in [5.41, 5.74) is 2.25. The summed E-state index contributed by atoms with van der Waals surface area (Å²) in [4.78, 5) is 38.7. The summed E-state index contributed by atoms with van der Waals surface area (Å²) in [6.45, 7) is 0.757. The number of Topliss-reactive ketones (excluding diaryl/α,β-unsaturated/α-hetero) is 1. The molecule has 1 aliphatic rings. The second-order valence-corrected chi connectivity index (χ2v) is 8.94. The minimum Gasteiger partial charge on any atom is -0.493 e. The van der Waals surface area contributed by atoms with Crippen molar-refractivity contribution in [2.24, 2.45) is 0 Å². The largest absolute Gasteiger partial charge is 0.493 e. The number of allylic oxidation sites excluding steroid dienone is 2. The first-order valence-corrected chi connectivity index (χ1v) is 11.6. The normalized spacial score (nSPS) is 13.8. The van der Waals surface area contributed by atoms with Gasteiger partial charge in [-0.2, -0.15) is 0 Å². The van der Waals surface area contributed by atoms with Crippen molar-refractivity contribution in [3.8, 4) is 11.5 Å². The molecule has 0 bridgehead atoms. The minimum absolute atomic E-state index is 0.0369. The number of benzene rings is 1. The van der Waals surface area contributed by atoms with E-state index in [1.54, 1.807) is 30.9 Å². The van der Waals surface area contributed by atoms with Gasteiger partial charge < -0.3 is 24.3 Å². The van der Waals surface area contributed by atoms with Crippen LogP contribution in [0.4, 0.5) is 5.82 Å². The van der Waals surface area contributed by atoms with Crippen molar-refractivity contribution in [1.29, 1.82) is 0 Å². The van der Waals surface area contributed by atoms with E-state index < -0.39 is 5.78 Å². The molecule has 4 rings (SSSR count). The Hall–Kier alpha value is -3.48. The topological polar surface area (TPSA) is 122 Å². The SMILES string of the molecule is COCCOc1cc2ncnc(NC3=CC(=O)C(Sc4cncs4)=C(OC)C3=O)c2cc1OC. The van der Waals surface area contributed by atoms with E-state index in [0.29, 0.717) is 41.4 Å². The summed E-state index contributed by atoms with van der Waals surface area (Å²) in [6, 6.07) is 3.41. The molecule has 0 unspecified atom stereocenters. The lowest BCUT2D eigenvalue weighted by molar-refractivity contribution is -0.117. The van der Waals surface area contributed by atoms with Crippen LogP contribution in [0.1, 0.15) is 0 Å². The fraction of sp³-hybridized carbons (Fsp3) is 0.227. The van der Waals surface area contributed by atoms with Gasteiger partial charge in [0.15, 0.2) is 23.0 Å². The Balaban J connectivity index is 1.64. The second kappa shape index (κ2) is 10.6. The van der Waals surface area contributed by atoms with E-state index in [9.17, 15) is 9.59 Å². The van der Waals surface area contributed by atoms with Crippen LogP contribution in [0.15, 0.2) is 56.8 Å². The van der Waals surface area contributed by atoms with Gasteiger partial charge in [0, 0.05) is 24.6 Å². The third-order valence-corrected chi connectivity index (χ3v) is 6.69. The fourth-order valence-corrected chi connectivity index (χ4v) is 4.79. The molecule has 0 radical (unpaired) electrons. The molecule has 34 heavy (non-hydrogen) atoms. The van der Waals surface area contributed by atoms with E-state index >= 15 is 0 Å². The van der Waals surface area contributed by atoms with E-state index in [2.05, 4.69) is 20.3 Å². The van der Waals surface area contributed by atoms with Crippen molar-refractivity contribution in [1.82, 2.24) is 15.0 Å². The predicted octanol–water partition coefficient (Wildman–Crippen LogP) is 3.22. The van der Waals surface area contributed by atoms with Crippen LogP contribution in [-0.4, -0.2) is 61.1 Å². The number of methoxy groups -OCH3 is 3. The van der Waals surface area contributed by atoms with Gasteiger partial charge in [-0.1, -0.05) is 11.8 Å². The van der Waals surface area contributed by atoms with Crippen molar-refractivity contribution in [3.63, 3.8) is 0 Å². The Morgan fingerprint density at radius 3 is 2.62 bits per heavy atom. The molecule has 2 heterocycles. The Bertz CT molecular complexity index is 1290. The zero-order valence-electron chi connectivity index (χ0n) is 18.5. The van der Waals surface area contributed by atoms with Gasteiger partial charge in [-0.25, -0.2) is 9.97 Å². The Labute approximate surface area is 203 Å². The molecular weight excluding hydrogens is 480 g/mol. The van der Waals surface area contributed by atoms with E-state index in [4.69, 9.17) is 18.9 Å². The lowest BCUT2D eigenvalue weighted by Crippen LogP contribution is -2.24. The highest BCUT2D eigenvalue weighted by Crippen LogP contribution is 2.37. The lowest BCUT2D eigenvalue weighted by Gasteiger charge is -2.19. The third-order valence-electron chi connectivity index (χ3n) is 4.69. The van der Waals surface area contributed by atoms with Crippen LogP contribution in [0.3, 0.4) is 0 Å². The van der Waals surface area contributed by atoms with Gasteiger partial charge in [-0.3, -0.25) is 14.6 Å². The Morgan fingerprint density at radius 2 is 1.91 bits per heavy atom. The first kappa shape index (κ1) is 23.7. The van der Waals surface area contributed by atoms with Crippen LogP contribution < -0.4 is 14.8 Å². The van der Waals surface area contributed by atoms with Gasteiger partial charge in [-0.15, -0.1) is 11.3 Å². The molecule has 1 N–H and O–H groups in total. The molecule has 2 aromatic heterocycles. The van der Waals surface area contributed by atoms with Crippen molar-refractivity contribution < 1.29 is 28.5 Å². The number of nitrogens with zero attached hydrogens (tertiary/aromatic N) is 3. The molecule has 0 spiro atoms. The van der Waals surface area contributed by atoms with Crippen molar-refractivity contribution in [2.45, 2.75) is 4.21 Å². The number of aromatic nitrogens is 3. The summed E-state index contributed by atoms with van der Waals surface area (Å²) >= 11 is 2.51. The minimum atomic E-state index is -0.465. The number of fused-ring (bicyclic) bond motifs is 1. The van der Waals surface area contributed by atoms with Crippen LogP contribution in [0.25, 0.3) is 10.9 Å². The molecule has 0 atom stereocenters. The Morgan fingerprint density at radius 1 is 1.06 bits per heavy atom. The molecular formula is C22H20N4O6S2. The molecule has 0 saturated heterocycles. The number of rotatable bonds is 10. The van der Waals surface area contributed by atoms with Gasteiger partial charge in [-0.05, 0) is 6.07 Å². The average molecular weight is 501 g/mol. The van der Waals surface area contributed by atoms with Crippen molar-refractivity contribution in [2.75, 3.05) is 39.9 Å². The average Bonchev–Trinajstić information content (AvgIpc) is 3.35. The molecule has 0 amide bonds. The molecule has 1 aliphatic carbocycles. The molecule has 1 aromatic carbocycles. The highest BCUT2D eigenvalue weighted by molar-refractivity contribution is 8.05. The highest BCUT2D eigenvalue weighted by Gasteiger charge is 2.31. The van der Waals surface area contributed by atoms with Gasteiger partial charge >= 0.3 is 0 Å². The number of ether oxygens (including phenoxy) is 4. The quantitative estimate of drug-likeness (QED) is 0.326. The van der Waals surface area contributed by atoms with Gasteiger partial charge in [0.05, 0.1) is 48.0 Å². The van der Waals surface area contributed by atoms with E-state index in [1.807, 2.05) is 0 Å².